The Morgan fingerprint density at radius 2 is 2.30 bits per heavy atom. The van der Waals surface area contributed by atoms with E-state index in [1.807, 2.05) is 0 Å². The van der Waals surface area contributed by atoms with Gasteiger partial charge < -0.3 is 11.1 Å². The lowest BCUT2D eigenvalue weighted by Gasteiger charge is -2.31. The molecule has 7 nitrogen and oxygen atoms in total. The Kier molecular flexibility index (Phi) is 5.52. The van der Waals surface area contributed by atoms with Gasteiger partial charge in [-0.2, -0.15) is 5.10 Å². The third kappa shape index (κ3) is 3.49. The molecule has 8 heteroatoms. The Hall–Kier alpha value is -1.60. The fourth-order valence-corrected chi connectivity index (χ4v) is 2.09. The van der Waals surface area contributed by atoms with E-state index in [0.29, 0.717) is 18.8 Å². The molecular weight excluding hydrogens is 282 g/mol. The van der Waals surface area contributed by atoms with E-state index in [1.54, 1.807) is 35.8 Å². The monoisotopic (exact) mass is 301 g/mol. The standard InChI is InChI=1S/C12H19N5O2.ClH/c1-8(13)11(18)14-9-4-3-6-17(12(9)19)10-5-7-16(2)15-10;/h5,7-9H,3-4,6,13H2,1-2H3,(H,14,18);1H/t8-,9?;/m1./s1. The van der Waals surface area contributed by atoms with Crippen molar-refractivity contribution in [3.8, 4) is 0 Å². The van der Waals surface area contributed by atoms with Crippen molar-refractivity contribution >= 4 is 30.0 Å². The first-order chi connectivity index (χ1) is 8.99. The van der Waals surface area contributed by atoms with E-state index in [9.17, 15) is 9.59 Å². The van der Waals surface area contributed by atoms with Gasteiger partial charge in [0.2, 0.25) is 5.91 Å². The highest BCUT2D eigenvalue weighted by atomic mass is 35.5. The largest absolute Gasteiger partial charge is 0.343 e. The molecule has 20 heavy (non-hydrogen) atoms. The van der Waals surface area contributed by atoms with E-state index < -0.39 is 12.1 Å². The van der Waals surface area contributed by atoms with Crippen molar-refractivity contribution in [1.29, 1.82) is 0 Å². The van der Waals surface area contributed by atoms with Gasteiger partial charge >= 0.3 is 0 Å². The summed E-state index contributed by atoms with van der Waals surface area (Å²) in [5.41, 5.74) is 5.50. The zero-order valence-electron chi connectivity index (χ0n) is 11.6. The van der Waals surface area contributed by atoms with Crippen LogP contribution in [-0.4, -0.2) is 40.2 Å². The van der Waals surface area contributed by atoms with Gasteiger partial charge in [0.05, 0.1) is 6.04 Å². The minimum atomic E-state index is -0.613. The van der Waals surface area contributed by atoms with E-state index in [4.69, 9.17) is 5.73 Å². The molecule has 0 aliphatic carbocycles. The molecule has 1 unspecified atom stereocenters. The quantitative estimate of drug-likeness (QED) is 0.808. The van der Waals surface area contributed by atoms with Gasteiger partial charge in [-0.1, -0.05) is 0 Å². The highest BCUT2D eigenvalue weighted by Gasteiger charge is 2.32. The third-order valence-electron chi connectivity index (χ3n) is 3.14. The topological polar surface area (TPSA) is 93.2 Å². The SMILES string of the molecule is C[C@@H](N)C(=O)NC1CCCN(c2ccn(C)n2)C1=O.Cl. The molecule has 1 aromatic rings. The lowest BCUT2D eigenvalue weighted by molar-refractivity contribution is -0.128. The second-order valence-electron chi connectivity index (χ2n) is 4.83. The van der Waals surface area contributed by atoms with E-state index in [2.05, 4.69) is 10.4 Å². The number of anilines is 1. The molecule has 0 radical (unpaired) electrons. The van der Waals surface area contributed by atoms with Crippen molar-refractivity contribution in [3.05, 3.63) is 12.3 Å². The summed E-state index contributed by atoms with van der Waals surface area (Å²) in [5, 5.41) is 6.90. The van der Waals surface area contributed by atoms with Crippen molar-refractivity contribution < 1.29 is 9.59 Å². The molecule has 2 atom stereocenters. The van der Waals surface area contributed by atoms with E-state index in [0.717, 1.165) is 6.42 Å². The van der Waals surface area contributed by atoms with Crippen LogP contribution in [0.4, 0.5) is 5.82 Å². The summed E-state index contributed by atoms with van der Waals surface area (Å²) in [7, 11) is 1.80. The van der Waals surface area contributed by atoms with Crippen LogP contribution in [0.3, 0.4) is 0 Å². The maximum atomic E-state index is 12.3. The minimum Gasteiger partial charge on any atom is -0.343 e. The van der Waals surface area contributed by atoms with Crippen LogP contribution in [0.2, 0.25) is 0 Å². The summed E-state index contributed by atoms with van der Waals surface area (Å²) in [4.78, 5) is 25.5. The molecule has 2 heterocycles. The molecule has 1 aromatic heterocycles. The number of nitrogens with zero attached hydrogens (tertiary/aromatic N) is 3. The van der Waals surface area contributed by atoms with Crippen LogP contribution in [0.15, 0.2) is 12.3 Å². The number of rotatable bonds is 3. The molecule has 3 N–H and O–H groups in total. The zero-order valence-corrected chi connectivity index (χ0v) is 12.4. The summed E-state index contributed by atoms with van der Waals surface area (Å²) in [5.74, 6) is 0.187. The first kappa shape index (κ1) is 16.5. The van der Waals surface area contributed by atoms with Crippen LogP contribution in [0, 0.1) is 0 Å². The average Bonchev–Trinajstić information content (AvgIpc) is 2.78. The van der Waals surface area contributed by atoms with Crippen molar-refractivity contribution in [2.24, 2.45) is 12.8 Å². The smallest absolute Gasteiger partial charge is 0.250 e. The second-order valence-corrected chi connectivity index (χ2v) is 4.83. The van der Waals surface area contributed by atoms with Gasteiger partial charge in [0.25, 0.3) is 5.91 Å². The molecule has 2 rings (SSSR count). The average molecular weight is 302 g/mol. The lowest BCUT2D eigenvalue weighted by Crippen LogP contribution is -2.55. The molecular formula is C12H20ClN5O2. The summed E-state index contributed by atoms with van der Waals surface area (Å²) in [6.07, 6.45) is 3.25. The maximum Gasteiger partial charge on any atom is 0.250 e. The maximum absolute atomic E-state index is 12.3. The molecule has 1 aliphatic rings. The second kappa shape index (κ2) is 6.71. The van der Waals surface area contributed by atoms with Gasteiger partial charge in [-0.15, -0.1) is 12.4 Å². The van der Waals surface area contributed by atoms with Crippen LogP contribution in [-0.2, 0) is 16.6 Å². The Morgan fingerprint density at radius 3 is 2.85 bits per heavy atom. The van der Waals surface area contributed by atoms with Crippen LogP contribution < -0.4 is 16.0 Å². The normalized spacial score (nSPS) is 20.2. The Bertz CT molecular complexity index is 488. The summed E-state index contributed by atoms with van der Waals surface area (Å²) < 4.78 is 1.65. The number of hydrogen-bond acceptors (Lipinski definition) is 4. The zero-order chi connectivity index (χ0) is 14.0. The van der Waals surface area contributed by atoms with Crippen LogP contribution >= 0.6 is 12.4 Å². The molecule has 0 aromatic carbocycles. The summed E-state index contributed by atoms with van der Waals surface area (Å²) in [6, 6.07) is 0.667. The number of nitrogens with one attached hydrogen (secondary N) is 1. The van der Waals surface area contributed by atoms with E-state index >= 15 is 0 Å². The van der Waals surface area contributed by atoms with Gasteiger partial charge in [-0.3, -0.25) is 19.2 Å². The highest BCUT2D eigenvalue weighted by molar-refractivity contribution is 5.99. The van der Waals surface area contributed by atoms with Crippen molar-refractivity contribution in [1.82, 2.24) is 15.1 Å². The molecule has 112 valence electrons. The number of aryl methyl sites for hydroxylation is 1. The molecule has 1 fully saturated rings. The van der Waals surface area contributed by atoms with Crippen LogP contribution in [0.25, 0.3) is 0 Å². The molecule has 0 bridgehead atoms. The summed E-state index contributed by atoms with van der Waals surface area (Å²) >= 11 is 0. The molecule has 0 spiro atoms. The molecule has 1 saturated heterocycles. The Labute approximate surface area is 123 Å². The number of carbonyl (C=O) groups excluding carboxylic acids is 2. The predicted molar refractivity (Wildman–Crippen MR) is 77.6 cm³/mol. The minimum absolute atomic E-state index is 0. The number of carbonyl (C=O) groups is 2. The van der Waals surface area contributed by atoms with Gasteiger partial charge in [0.15, 0.2) is 5.82 Å². The van der Waals surface area contributed by atoms with Gasteiger partial charge in [-0.25, -0.2) is 0 Å². The predicted octanol–water partition coefficient (Wildman–Crippen LogP) is -0.199. The van der Waals surface area contributed by atoms with Gasteiger partial charge in [-0.05, 0) is 19.8 Å². The van der Waals surface area contributed by atoms with E-state index in [-0.39, 0.29) is 24.2 Å². The van der Waals surface area contributed by atoms with Crippen molar-refractivity contribution in [2.45, 2.75) is 31.8 Å². The van der Waals surface area contributed by atoms with E-state index in [1.165, 1.54) is 0 Å². The molecule has 2 amide bonds. The lowest BCUT2D eigenvalue weighted by atomic mass is 10.0. The fraction of sp³-hybridized carbons (Fsp3) is 0.583. The number of aromatic nitrogens is 2. The van der Waals surface area contributed by atoms with Crippen LogP contribution in [0.1, 0.15) is 19.8 Å². The first-order valence-electron chi connectivity index (χ1n) is 6.36. The Morgan fingerprint density at radius 1 is 1.60 bits per heavy atom. The highest BCUT2D eigenvalue weighted by Crippen LogP contribution is 2.18. The number of hydrogen-bond donors (Lipinski definition) is 2. The summed E-state index contributed by atoms with van der Waals surface area (Å²) in [6.45, 7) is 2.22. The third-order valence-corrected chi connectivity index (χ3v) is 3.14. The fourth-order valence-electron chi connectivity index (χ4n) is 2.09. The molecule has 0 saturated carbocycles. The van der Waals surface area contributed by atoms with Crippen molar-refractivity contribution in [3.63, 3.8) is 0 Å². The van der Waals surface area contributed by atoms with Gasteiger partial charge in [0, 0.05) is 25.9 Å². The Balaban J connectivity index is 0.00000200. The number of piperidine rings is 1. The number of nitrogens with two attached hydrogens (primary N) is 1. The number of amides is 2. The van der Waals surface area contributed by atoms with Gasteiger partial charge in [0.1, 0.15) is 6.04 Å². The molecule has 1 aliphatic heterocycles. The number of halogens is 1. The van der Waals surface area contributed by atoms with Crippen molar-refractivity contribution in [2.75, 3.05) is 11.4 Å². The van der Waals surface area contributed by atoms with Crippen LogP contribution in [0.5, 0.6) is 0 Å². The first-order valence-corrected chi connectivity index (χ1v) is 6.36.